The van der Waals surface area contributed by atoms with Gasteiger partial charge in [0.25, 0.3) is 0 Å². The first kappa shape index (κ1) is 32.0. The number of nitrogens with zero attached hydrogens (tertiary/aromatic N) is 2. The average molecular weight is 599 g/mol. The van der Waals surface area contributed by atoms with Crippen molar-refractivity contribution in [1.29, 1.82) is 0 Å². The summed E-state index contributed by atoms with van der Waals surface area (Å²) in [5.74, 6) is 6.45. The van der Waals surface area contributed by atoms with Gasteiger partial charge in [-0.1, -0.05) is 124 Å². The lowest BCUT2D eigenvalue weighted by molar-refractivity contribution is 0.972. The highest BCUT2D eigenvalue weighted by atomic mass is 15.2. The molecule has 3 aromatic rings. The summed E-state index contributed by atoms with van der Waals surface area (Å²) >= 11 is 0. The summed E-state index contributed by atoms with van der Waals surface area (Å²) < 4.78 is 0. The molecule has 0 radical (unpaired) electrons. The van der Waals surface area contributed by atoms with Crippen molar-refractivity contribution in [2.75, 3.05) is 4.90 Å². The standard InChI is InChI=1S/C44H42N2/c1-6-10-11-15-21-33(5)37-30-38(36-24-18-12-13-19-25-36)32-39(31-37)46-41(9-4)43(35(7-2)8-3)40(44-42(46)26-20-29-45-44)28-27-34-22-16-14-17-23-34/h7-8,10-12,14,16-20,22-26,28-32H,2,5-6,9,13,27H2,1,3-4H3/b11-10-,35-8-,40-28+. The molecular formula is C44H42N2. The first-order valence-corrected chi connectivity index (χ1v) is 16.2. The van der Waals surface area contributed by atoms with E-state index in [-0.39, 0.29) is 0 Å². The molecule has 2 nitrogen and oxygen atoms in total. The molecule has 0 N–H and O–H groups in total. The van der Waals surface area contributed by atoms with Crippen LogP contribution in [-0.2, 0) is 6.42 Å². The molecule has 0 unspecified atom stereocenters. The first-order valence-electron chi connectivity index (χ1n) is 16.2. The fourth-order valence-electron chi connectivity index (χ4n) is 5.90. The van der Waals surface area contributed by atoms with E-state index in [2.05, 4.69) is 154 Å². The quantitative estimate of drug-likeness (QED) is 0.180. The predicted octanol–water partition coefficient (Wildman–Crippen LogP) is 11.5. The molecule has 0 saturated heterocycles. The fourth-order valence-corrected chi connectivity index (χ4v) is 5.90. The van der Waals surface area contributed by atoms with E-state index in [4.69, 9.17) is 4.98 Å². The number of hydrogen-bond acceptors (Lipinski definition) is 2. The van der Waals surface area contributed by atoms with Crippen LogP contribution in [0.2, 0.25) is 0 Å². The normalized spacial score (nSPS) is 15.4. The number of rotatable bonds is 9. The topological polar surface area (TPSA) is 16.1 Å². The van der Waals surface area contributed by atoms with Gasteiger partial charge in [0.1, 0.15) is 0 Å². The molecule has 0 saturated carbocycles. The van der Waals surface area contributed by atoms with Crippen molar-refractivity contribution in [1.82, 2.24) is 4.98 Å². The van der Waals surface area contributed by atoms with E-state index in [9.17, 15) is 0 Å². The van der Waals surface area contributed by atoms with Crippen molar-refractivity contribution >= 4 is 28.1 Å². The third-order valence-electron chi connectivity index (χ3n) is 8.15. The van der Waals surface area contributed by atoms with Gasteiger partial charge in [-0.3, -0.25) is 4.98 Å². The molecule has 2 heteroatoms. The van der Waals surface area contributed by atoms with Gasteiger partial charge in [0, 0.05) is 34.3 Å². The largest absolute Gasteiger partial charge is 0.311 e. The van der Waals surface area contributed by atoms with Crippen molar-refractivity contribution in [2.45, 2.75) is 46.5 Å². The van der Waals surface area contributed by atoms with E-state index >= 15 is 0 Å². The fraction of sp³-hybridized carbons (Fsp3) is 0.159. The highest BCUT2D eigenvalue weighted by Crippen LogP contribution is 2.48. The summed E-state index contributed by atoms with van der Waals surface area (Å²) in [6.07, 6.45) is 26.7. The third-order valence-corrected chi connectivity index (χ3v) is 8.15. The van der Waals surface area contributed by atoms with Crippen molar-refractivity contribution in [3.05, 3.63) is 180 Å². The molecule has 1 aliphatic carbocycles. The SMILES string of the molecule is C=C/C(=C/C)C1=C(CC)N(c2cc(C(=C)C#C/C=C\CC)cc(C3=CC=CCC=C3)c2)c2cccnc2/C1=C/Cc1ccccc1. The van der Waals surface area contributed by atoms with E-state index in [1.807, 2.05) is 24.4 Å². The van der Waals surface area contributed by atoms with Crippen LogP contribution in [0.15, 0.2) is 158 Å². The van der Waals surface area contributed by atoms with E-state index in [1.54, 1.807) is 0 Å². The second-order valence-electron chi connectivity index (χ2n) is 11.2. The highest BCUT2D eigenvalue weighted by Gasteiger charge is 2.31. The molecule has 0 atom stereocenters. The summed E-state index contributed by atoms with van der Waals surface area (Å²) in [7, 11) is 0. The number of benzene rings is 2. The summed E-state index contributed by atoms with van der Waals surface area (Å²) in [4.78, 5) is 7.40. The van der Waals surface area contributed by atoms with Crippen LogP contribution >= 0.6 is 0 Å². The minimum Gasteiger partial charge on any atom is -0.311 e. The third kappa shape index (κ3) is 7.12. The number of allylic oxidation sites excluding steroid dienone is 16. The number of fused-ring (bicyclic) bond motifs is 1. The minimum absolute atomic E-state index is 0.784. The predicted molar refractivity (Wildman–Crippen MR) is 199 cm³/mol. The monoisotopic (exact) mass is 598 g/mol. The van der Waals surface area contributed by atoms with Crippen LogP contribution in [0.1, 0.15) is 62.4 Å². The number of hydrogen-bond donors (Lipinski definition) is 0. The molecule has 0 fully saturated rings. The maximum Gasteiger partial charge on any atom is 0.0946 e. The molecule has 5 rings (SSSR count). The van der Waals surface area contributed by atoms with Crippen molar-refractivity contribution in [3.8, 4) is 11.8 Å². The summed E-state index contributed by atoms with van der Waals surface area (Å²) in [6, 6.07) is 21.5. The Morgan fingerprint density at radius 1 is 1.04 bits per heavy atom. The smallest absolute Gasteiger partial charge is 0.0946 e. The summed E-state index contributed by atoms with van der Waals surface area (Å²) in [5, 5.41) is 0. The van der Waals surface area contributed by atoms with Gasteiger partial charge in [0.05, 0.1) is 11.4 Å². The van der Waals surface area contributed by atoms with E-state index in [1.165, 1.54) is 11.3 Å². The number of aromatic nitrogens is 1. The second kappa shape index (κ2) is 15.6. The zero-order chi connectivity index (χ0) is 32.3. The van der Waals surface area contributed by atoms with E-state index in [0.29, 0.717) is 0 Å². The first-order chi connectivity index (χ1) is 22.6. The van der Waals surface area contributed by atoms with E-state index in [0.717, 1.165) is 81.7 Å². The Morgan fingerprint density at radius 3 is 2.65 bits per heavy atom. The molecule has 2 aliphatic rings. The molecular weight excluding hydrogens is 556 g/mol. The molecule has 46 heavy (non-hydrogen) atoms. The lowest BCUT2D eigenvalue weighted by Gasteiger charge is -2.37. The van der Waals surface area contributed by atoms with Gasteiger partial charge < -0.3 is 4.90 Å². The Labute approximate surface area is 275 Å². The average Bonchev–Trinajstić information content (AvgIpc) is 3.39. The van der Waals surface area contributed by atoms with Crippen LogP contribution in [0.5, 0.6) is 0 Å². The summed E-state index contributed by atoms with van der Waals surface area (Å²) in [6.45, 7) is 15.0. The molecule has 0 amide bonds. The Kier molecular flexibility index (Phi) is 10.8. The lowest BCUT2D eigenvalue weighted by Crippen LogP contribution is -2.25. The lowest BCUT2D eigenvalue weighted by atomic mass is 9.85. The van der Waals surface area contributed by atoms with Gasteiger partial charge >= 0.3 is 0 Å². The molecule has 1 aliphatic heterocycles. The maximum absolute atomic E-state index is 5.01. The molecule has 2 aromatic carbocycles. The molecule has 228 valence electrons. The van der Waals surface area contributed by atoms with Gasteiger partial charge in [-0.05, 0) is 96.9 Å². The van der Waals surface area contributed by atoms with Crippen LogP contribution in [0.4, 0.5) is 11.4 Å². The molecule has 1 aromatic heterocycles. The van der Waals surface area contributed by atoms with Gasteiger partial charge in [-0.15, -0.1) is 0 Å². The van der Waals surface area contributed by atoms with Crippen LogP contribution < -0.4 is 4.90 Å². The highest BCUT2D eigenvalue weighted by molar-refractivity contribution is 5.97. The zero-order valence-corrected chi connectivity index (χ0v) is 27.3. The van der Waals surface area contributed by atoms with Gasteiger partial charge in [-0.25, -0.2) is 0 Å². The number of pyridine rings is 1. The summed E-state index contributed by atoms with van der Waals surface area (Å²) in [5.41, 5.74) is 12.9. The van der Waals surface area contributed by atoms with Crippen molar-refractivity contribution in [3.63, 3.8) is 0 Å². The van der Waals surface area contributed by atoms with Crippen LogP contribution in [-0.4, -0.2) is 4.98 Å². The van der Waals surface area contributed by atoms with Crippen LogP contribution in [0, 0.1) is 11.8 Å². The Balaban J connectivity index is 1.77. The van der Waals surface area contributed by atoms with Gasteiger partial charge in [-0.2, -0.15) is 0 Å². The van der Waals surface area contributed by atoms with Crippen LogP contribution in [0.25, 0.3) is 16.7 Å². The molecule has 2 heterocycles. The van der Waals surface area contributed by atoms with Crippen molar-refractivity contribution in [2.24, 2.45) is 0 Å². The van der Waals surface area contributed by atoms with Crippen LogP contribution in [0.3, 0.4) is 0 Å². The Bertz CT molecular complexity index is 1890. The van der Waals surface area contributed by atoms with Gasteiger partial charge in [0.2, 0.25) is 0 Å². The maximum atomic E-state index is 5.01. The van der Waals surface area contributed by atoms with Gasteiger partial charge in [0.15, 0.2) is 0 Å². The van der Waals surface area contributed by atoms with Crippen molar-refractivity contribution < 1.29 is 0 Å². The minimum atomic E-state index is 0.784. The molecule has 0 spiro atoms. The molecule has 0 bridgehead atoms. The second-order valence-corrected chi connectivity index (χ2v) is 11.2. The Morgan fingerprint density at radius 2 is 1.89 bits per heavy atom. The zero-order valence-electron chi connectivity index (χ0n) is 27.3. The van der Waals surface area contributed by atoms with E-state index < -0.39 is 0 Å². The number of anilines is 2. The Hall–Kier alpha value is -5.39.